The van der Waals surface area contributed by atoms with Crippen LogP contribution in [0.3, 0.4) is 0 Å². The predicted octanol–water partition coefficient (Wildman–Crippen LogP) is 3.33. The second kappa shape index (κ2) is 9.08. The van der Waals surface area contributed by atoms with Gasteiger partial charge in [0.15, 0.2) is 0 Å². The summed E-state index contributed by atoms with van der Waals surface area (Å²) in [7, 11) is 3.24. The Bertz CT molecular complexity index is 864. The molecule has 30 heavy (non-hydrogen) atoms. The average molecular weight is 418 g/mol. The molecule has 7 nitrogen and oxygen atoms in total. The summed E-state index contributed by atoms with van der Waals surface area (Å²) in [5.74, 6) is -0.0198. The van der Waals surface area contributed by atoms with Crippen LogP contribution in [0.1, 0.15) is 66.1 Å². The highest BCUT2D eigenvalue weighted by Gasteiger charge is 2.37. The quantitative estimate of drug-likeness (QED) is 0.473. The van der Waals surface area contributed by atoms with Crippen LogP contribution in [0.15, 0.2) is 11.6 Å². The first kappa shape index (κ1) is 22.2. The fourth-order valence-corrected chi connectivity index (χ4v) is 4.09. The number of nitrogens with one attached hydrogen (secondary N) is 1. The lowest BCUT2D eigenvalue weighted by Gasteiger charge is -2.40. The number of hydrogen-bond donors (Lipinski definition) is 2. The average Bonchev–Trinajstić information content (AvgIpc) is 3.09. The van der Waals surface area contributed by atoms with E-state index in [2.05, 4.69) is 5.32 Å². The van der Waals surface area contributed by atoms with Gasteiger partial charge in [-0.25, -0.2) is 4.79 Å². The molecule has 1 amide bonds. The Morgan fingerprint density at radius 1 is 1.30 bits per heavy atom. The van der Waals surface area contributed by atoms with Crippen molar-refractivity contribution >= 4 is 11.9 Å². The van der Waals surface area contributed by atoms with E-state index in [4.69, 9.17) is 14.2 Å². The minimum absolute atomic E-state index is 0.00243. The Labute approximate surface area is 177 Å². The second-order valence-corrected chi connectivity index (χ2v) is 8.19. The van der Waals surface area contributed by atoms with E-state index in [9.17, 15) is 14.7 Å². The third kappa shape index (κ3) is 4.31. The number of rotatable bonds is 9. The zero-order valence-electron chi connectivity index (χ0n) is 18.2. The summed E-state index contributed by atoms with van der Waals surface area (Å²) in [6.45, 7) is 4.52. The van der Waals surface area contributed by atoms with Crippen molar-refractivity contribution in [2.24, 2.45) is 0 Å². The van der Waals surface area contributed by atoms with E-state index >= 15 is 0 Å². The first-order chi connectivity index (χ1) is 14.3. The monoisotopic (exact) mass is 417 g/mol. The number of carbonyl (C=O) groups is 2. The fourth-order valence-electron chi connectivity index (χ4n) is 4.09. The number of carbonyl (C=O) groups excluding carboxylic acids is 2. The van der Waals surface area contributed by atoms with Gasteiger partial charge in [0.1, 0.15) is 23.7 Å². The van der Waals surface area contributed by atoms with Crippen molar-refractivity contribution in [3.05, 3.63) is 33.9 Å². The van der Waals surface area contributed by atoms with Gasteiger partial charge in [-0.1, -0.05) is 11.6 Å². The first-order valence-electron chi connectivity index (χ1n) is 10.4. The minimum atomic E-state index is -0.507. The van der Waals surface area contributed by atoms with Crippen molar-refractivity contribution in [3.63, 3.8) is 0 Å². The first-order valence-corrected chi connectivity index (χ1v) is 10.4. The second-order valence-electron chi connectivity index (χ2n) is 8.19. The van der Waals surface area contributed by atoms with Crippen LogP contribution in [0.2, 0.25) is 0 Å². The number of benzene rings is 1. The molecule has 0 bridgehead atoms. The maximum absolute atomic E-state index is 12.2. The van der Waals surface area contributed by atoms with Crippen molar-refractivity contribution < 1.29 is 28.9 Å². The standard InChI is InChI=1S/C23H31NO6/c1-14(7-9-18(25)24-13-23(29-4)10-5-11-23)6-8-16-20(26)19-17(12-30-22(19)27)15(2)21(16)28-3/h6,26H,5,7-13H2,1-4H3,(H,24,25)/b14-6+. The third-order valence-electron chi connectivity index (χ3n) is 6.35. The lowest BCUT2D eigenvalue weighted by Crippen LogP contribution is -2.49. The molecule has 0 atom stereocenters. The number of amides is 1. The van der Waals surface area contributed by atoms with Crippen molar-refractivity contribution in [2.75, 3.05) is 20.8 Å². The van der Waals surface area contributed by atoms with Gasteiger partial charge in [-0.05, 0) is 51.5 Å². The van der Waals surface area contributed by atoms with E-state index in [1.807, 2.05) is 19.9 Å². The number of aromatic hydroxyl groups is 1. The van der Waals surface area contributed by atoms with Gasteiger partial charge in [0.2, 0.25) is 5.91 Å². The van der Waals surface area contributed by atoms with E-state index < -0.39 is 5.97 Å². The smallest absolute Gasteiger partial charge is 0.342 e. The number of phenols is 1. The Morgan fingerprint density at radius 2 is 2.03 bits per heavy atom. The van der Waals surface area contributed by atoms with E-state index in [-0.39, 0.29) is 29.4 Å². The molecule has 1 heterocycles. The van der Waals surface area contributed by atoms with Gasteiger partial charge in [-0.2, -0.15) is 0 Å². The van der Waals surface area contributed by atoms with E-state index in [0.717, 1.165) is 30.4 Å². The third-order valence-corrected chi connectivity index (χ3v) is 6.35. The zero-order chi connectivity index (χ0) is 21.9. The molecule has 1 aromatic carbocycles. The molecule has 0 unspecified atom stereocenters. The van der Waals surface area contributed by atoms with E-state index in [1.165, 1.54) is 0 Å². The number of methoxy groups -OCH3 is 2. The maximum atomic E-state index is 12.2. The summed E-state index contributed by atoms with van der Waals surface area (Å²) >= 11 is 0. The lowest BCUT2D eigenvalue weighted by molar-refractivity contribution is -0.124. The van der Waals surface area contributed by atoms with Gasteiger partial charge in [0, 0.05) is 31.2 Å². The maximum Gasteiger partial charge on any atom is 0.342 e. The summed E-state index contributed by atoms with van der Waals surface area (Å²) in [6.07, 6.45) is 6.48. The highest BCUT2D eigenvalue weighted by Crippen LogP contribution is 2.42. The SMILES string of the molecule is COc1c(C)c2c(c(O)c1C/C=C(\C)CCC(=O)NCC1(OC)CCC1)C(=O)OC2. The van der Waals surface area contributed by atoms with E-state index in [0.29, 0.717) is 42.7 Å². The van der Waals surface area contributed by atoms with Gasteiger partial charge in [-0.15, -0.1) is 0 Å². The number of fused-ring (bicyclic) bond motifs is 1. The zero-order valence-corrected chi connectivity index (χ0v) is 18.2. The molecule has 1 aromatic rings. The topological polar surface area (TPSA) is 94.1 Å². The van der Waals surface area contributed by atoms with Crippen molar-refractivity contribution in [1.82, 2.24) is 5.32 Å². The van der Waals surface area contributed by atoms with Gasteiger partial charge < -0.3 is 24.6 Å². The van der Waals surface area contributed by atoms with Crippen LogP contribution >= 0.6 is 0 Å². The van der Waals surface area contributed by atoms with Crippen molar-refractivity contribution in [3.8, 4) is 11.5 Å². The molecule has 0 spiro atoms. The molecule has 1 fully saturated rings. The largest absolute Gasteiger partial charge is 0.507 e. The summed E-state index contributed by atoms with van der Waals surface area (Å²) in [5.41, 5.74) is 3.12. The summed E-state index contributed by atoms with van der Waals surface area (Å²) in [4.78, 5) is 24.2. The Balaban J connectivity index is 1.61. The normalized spacial score (nSPS) is 17.2. The van der Waals surface area contributed by atoms with Crippen LogP contribution in [0, 0.1) is 6.92 Å². The van der Waals surface area contributed by atoms with Crippen molar-refractivity contribution in [1.29, 1.82) is 0 Å². The molecule has 0 radical (unpaired) electrons. The Hall–Kier alpha value is -2.54. The number of phenolic OH excluding ortho intramolecular Hbond substituents is 1. The van der Waals surface area contributed by atoms with Crippen LogP contribution in [0.5, 0.6) is 11.5 Å². The number of ether oxygens (including phenoxy) is 3. The molecule has 7 heteroatoms. The van der Waals surface area contributed by atoms with Crippen LogP contribution in [-0.2, 0) is 27.3 Å². The highest BCUT2D eigenvalue weighted by molar-refractivity contribution is 5.98. The Morgan fingerprint density at radius 3 is 2.63 bits per heavy atom. The van der Waals surface area contributed by atoms with Gasteiger partial charge in [0.05, 0.1) is 12.7 Å². The van der Waals surface area contributed by atoms with Gasteiger partial charge >= 0.3 is 5.97 Å². The van der Waals surface area contributed by atoms with Gasteiger partial charge in [-0.3, -0.25) is 4.79 Å². The lowest BCUT2D eigenvalue weighted by atomic mass is 9.80. The summed E-state index contributed by atoms with van der Waals surface area (Å²) < 4.78 is 16.1. The minimum Gasteiger partial charge on any atom is -0.507 e. The number of hydrogen-bond acceptors (Lipinski definition) is 6. The van der Waals surface area contributed by atoms with Gasteiger partial charge in [0.25, 0.3) is 0 Å². The molecule has 3 rings (SSSR count). The molecule has 1 aliphatic heterocycles. The molecule has 0 aromatic heterocycles. The number of esters is 1. The summed E-state index contributed by atoms with van der Waals surface area (Å²) in [6, 6.07) is 0. The van der Waals surface area contributed by atoms with Crippen LogP contribution in [0.25, 0.3) is 0 Å². The molecular weight excluding hydrogens is 386 g/mol. The molecule has 164 valence electrons. The molecule has 1 saturated carbocycles. The number of allylic oxidation sites excluding steroid dienone is 2. The molecule has 0 saturated heterocycles. The molecule has 2 aliphatic rings. The fraction of sp³-hybridized carbons (Fsp3) is 0.565. The van der Waals surface area contributed by atoms with Crippen molar-refractivity contribution in [2.45, 2.75) is 64.6 Å². The molecule has 1 aliphatic carbocycles. The van der Waals surface area contributed by atoms with Crippen LogP contribution < -0.4 is 10.1 Å². The predicted molar refractivity (Wildman–Crippen MR) is 112 cm³/mol. The molecule has 2 N–H and O–H groups in total. The van der Waals surface area contributed by atoms with E-state index in [1.54, 1.807) is 14.2 Å². The summed E-state index contributed by atoms with van der Waals surface area (Å²) in [5, 5.41) is 13.6. The molecular formula is C23H31NO6. The highest BCUT2D eigenvalue weighted by atomic mass is 16.5. The van der Waals surface area contributed by atoms with Crippen LogP contribution in [-0.4, -0.2) is 43.3 Å². The van der Waals surface area contributed by atoms with Crippen LogP contribution in [0.4, 0.5) is 0 Å². The number of cyclic esters (lactones) is 1. The Kier molecular flexibility index (Phi) is 6.71.